The molecule has 2 aliphatic rings. The molecule has 14 heavy (non-hydrogen) atoms. The van der Waals surface area contributed by atoms with Crippen molar-refractivity contribution in [2.24, 2.45) is 5.41 Å². The first kappa shape index (κ1) is 11.1. The highest BCUT2D eigenvalue weighted by Gasteiger charge is 2.47. The maximum Gasteiger partial charge on any atom is 0.248 e. The highest BCUT2D eigenvalue weighted by molar-refractivity contribution is 14.1. The Balaban J connectivity index is 1.85. The van der Waals surface area contributed by atoms with Crippen LogP contribution in [0.4, 0.5) is 0 Å². The fourth-order valence-corrected chi connectivity index (χ4v) is 3.35. The van der Waals surface area contributed by atoms with Gasteiger partial charge in [-0.1, -0.05) is 6.92 Å². The molecule has 0 unspecified atom stereocenters. The Morgan fingerprint density at radius 3 is 2.21 bits per heavy atom. The molecular formula is C11H22IN2+. The van der Waals surface area contributed by atoms with E-state index in [2.05, 4.69) is 41.6 Å². The Hall–Kier alpha value is 0.650. The number of piperidine rings is 1. The first-order chi connectivity index (χ1) is 6.61. The molecule has 2 fully saturated rings. The molecule has 0 saturated carbocycles. The van der Waals surface area contributed by atoms with Crippen LogP contribution in [-0.2, 0) is 0 Å². The van der Waals surface area contributed by atoms with Gasteiger partial charge in [0.1, 0.15) is 0 Å². The maximum absolute atomic E-state index is 2.65. The minimum Gasteiger partial charge on any atom is -0.302 e. The Morgan fingerprint density at radius 2 is 1.79 bits per heavy atom. The van der Waals surface area contributed by atoms with Gasteiger partial charge in [-0.2, -0.15) is 0 Å². The molecular weight excluding hydrogens is 287 g/mol. The second-order valence-electron chi connectivity index (χ2n) is 5.10. The average Bonchev–Trinajstić information content (AvgIpc) is 2.16. The predicted molar refractivity (Wildman–Crippen MR) is 68.3 cm³/mol. The molecule has 0 bridgehead atoms. The van der Waals surface area contributed by atoms with Gasteiger partial charge in [-0.05, 0) is 13.5 Å². The fraction of sp³-hybridized carbons (Fsp3) is 1.00. The van der Waals surface area contributed by atoms with Crippen LogP contribution in [0.2, 0.25) is 0 Å². The van der Waals surface area contributed by atoms with E-state index in [4.69, 9.17) is 0 Å². The second kappa shape index (κ2) is 3.91. The van der Waals surface area contributed by atoms with Crippen molar-refractivity contribution >= 4 is 22.9 Å². The first-order valence-electron chi connectivity index (χ1n) is 5.89. The van der Waals surface area contributed by atoms with E-state index in [1.807, 2.05) is 0 Å². The summed E-state index contributed by atoms with van der Waals surface area (Å²) in [5, 5.41) is 0. The van der Waals surface area contributed by atoms with E-state index >= 15 is 0 Å². The van der Waals surface area contributed by atoms with Gasteiger partial charge in [0.2, 0.25) is 22.9 Å². The standard InChI is InChI=1S/C11H22IN2/c1-3-13-9-11(10-13)5-7-14(12,4-2)8-6-11/h3-10H2,1-2H3/q+1. The fourth-order valence-electron chi connectivity index (χ4n) is 2.87. The zero-order valence-electron chi connectivity index (χ0n) is 9.43. The van der Waals surface area contributed by atoms with Crippen LogP contribution in [0, 0.1) is 5.41 Å². The predicted octanol–water partition coefficient (Wildman–Crippen LogP) is 2.29. The van der Waals surface area contributed by atoms with Crippen molar-refractivity contribution in [2.45, 2.75) is 26.7 Å². The molecule has 2 heterocycles. The van der Waals surface area contributed by atoms with Crippen LogP contribution in [0.15, 0.2) is 0 Å². The summed E-state index contributed by atoms with van der Waals surface area (Å²) in [6.07, 6.45) is 2.92. The lowest BCUT2D eigenvalue weighted by atomic mass is 9.72. The Labute approximate surface area is 102 Å². The number of halogens is 1. The number of likely N-dealkylation sites (tertiary alicyclic amines) is 2. The van der Waals surface area contributed by atoms with Crippen molar-refractivity contribution in [3.05, 3.63) is 0 Å². The second-order valence-corrected chi connectivity index (χ2v) is 7.14. The summed E-state index contributed by atoms with van der Waals surface area (Å²) < 4.78 is 1.28. The monoisotopic (exact) mass is 309 g/mol. The lowest BCUT2D eigenvalue weighted by molar-refractivity contribution is -0.762. The molecule has 0 radical (unpaired) electrons. The van der Waals surface area contributed by atoms with Crippen LogP contribution in [-0.4, -0.2) is 46.9 Å². The number of rotatable bonds is 2. The molecule has 0 aromatic rings. The lowest BCUT2D eigenvalue weighted by Gasteiger charge is -2.54. The van der Waals surface area contributed by atoms with Crippen molar-refractivity contribution in [3.63, 3.8) is 0 Å². The summed E-state index contributed by atoms with van der Waals surface area (Å²) >= 11 is 2.65. The molecule has 2 saturated heterocycles. The van der Waals surface area contributed by atoms with E-state index in [1.54, 1.807) is 0 Å². The quantitative estimate of drug-likeness (QED) is 0.559. The van der Waals surface area contributed by atoms with Crippen LogP contribution in [0.3, 0.4) is 0 Å². The minimum atomic E-state index is 0.734. The van der Waals surface area contributed by atoms with Gasteiger partial charge in [0.25, 0.3) is 0 Å². The van der Waals surface area contributed by atoms with Gasteiger partial charge in [0.15, 0.2) is 0 Å². The third kappa shape index (κ3) is 1.95. The molecule has 0 amide bonds. The Kier molecular flexibility index (Phi) is 3.11. The van der Waals surface area contributed by atoms with Crippen molar-refractivity contribution in [3.8, 4) is 0 Å². The van der Waals surface area contributed by atoms with E-state index in [1.165, 1.54) is 54.8 Å². The molecule has 2 rings (SSSR count). The Morgan fingerprint density at radius 1 is 1.21 bits per heavy atom. The highest BCUT2D eigenvalue weighted by Crippen LogP contribution is 2.43. The van der Waals surface area contributed by atoms with Crippen molar-refractivity contribution < 1.29 is 2.70 Å². The smallest absolute Gasteiger partial charge is 0.248 e. The van der Waals surface area contributed by atoms with E-state index in [9.17, 15) is 0 Å². The summed E-state index contributed by atoms with van der Waals surface area (Å²) in [5.74, 6) is 0. The zero-order chi connectivity index (χ0) is 10.2. The molecule has 3 heteroatoms. The number of nitrogens with zero attached hydrogens (tertiary/aromatic N) is 2. The molecule has 0 aliphatic carbocycles. The van der Waals surface area contributed by atoms with Gasteiger partial charge in [0, 0.05) is 31.3 Å². The molecule has 0 aromatic carbocycles. The van der Waals surface area contributed by atoms with Gasteiger partial charge in [-0.3, -0.25) is 2.70 Å². The number of quaternary nitrogens is 1. The summed E-state index contributed by atoms with van der Waals surface area (Å²) in [6.45, 7) is 12.7. The van der Waals surface area contributed by atoms with Gasteiger partial charge < -0.3 is 4.90 Å². The summed E-state index contributed by atoms with van der Waals surface area (Å²) in [7, 11) is 0. The molecule has 2 aliphatic heterocycles. The van der Waals surface area contributed by atoms with Crippen LogP contribution in [0.25, 0.3) is 0 Å². The third-order valence-corrected chi connectivity index (χ3v) is 5.86. The molecule has 0 aromatic heterocycles. The van der Waals surface area contributed by atoms with Crippen LogP contribution in [0.1, 0.15) is 26.7 Å². The zero-order valence-corrected chi connectivity index (χ0v) is 11.6. The van der Waals surface area contributed by atoms with Gasteiger partial charge >= 0.3 is 0 Å². The van der Waals surface area contributed by atoms with E-state index in [0.29, 0.717) is 0 Å². The molecule has 82 valence electrons. The van der Waals surface area contributed by atoms with E-state index in [-0.39, 0.29) is 0 Å². The van der Waals surface area contributed by atoms with Crippen molar-refractivity contribution in [1.29, 1.82) is 0 Å². The summed E-state index contributed by atoms with van der Waals surface area (Å²) in [5.41, 5.74) is 0.734. The van der Waals surface area contributed by atoms with Crippen LogP contribution >= 0.6 is 22.9 Å². The third-order valence-electron chi connectivity index (χ3n) is 4.22. The van der Waals surface area contributed by atoms with E-state index in [0.717, 1.165) is 5.41 Å². The number of hydrogen-bond donors (Lipinski definition) is 0. The first-order valence-corrected chi connectivity index (χ1v) is 6.86. The highest BCUT2D eigenvalue weighted by atomic mass is 127. The summed E-state index contributed by atoms with van der Waals surface area (Å²) in [4.78, 5) is 2.58. The minimum absolute atomic E-state index is 0.734. The van der Waals surface area contributed by atoms with Crippen LogP contribution < -0.4 is 0 Å². The topological polar surface area (TPSA) is 3.24 Å². The largest absolute Gasteiger partial charge is 0.302 e. The Bertz CT molecular complexity index is 201. The summed E-state index contributed by atoms with van der Waals surface area (Å²) in [6, 6.07) is 0. The van der Waals surface area contributed by atoms with Crippen molar-refractivity contribution in [1.82, 2.24) is 4.90 Å². The van der Waals surface area contributed by atoms with Gasteiger partial charge in [-0.15, -0.1) is 0 Å². The SMILES string of the molecule is CCN1CC2(CC[N+](I)(CC)CC2)C1. The van der Waals surface area contributed by atoms with Gasteiger partial charge in [-0.25, -0.2) is 0 Å². The van der Waals surface area contributed by atoms with Gasteiger partial charge in [0.05, 0.1) is 19.6 Å². The normalized spacial score (nSPS) is 30.2. The molecule has 1 spiro atoms. The van der Waals surface area contributed by atoms with Crippen molar-refractivity contribution in [2.75, 3.05) is 39.3 Å². The van der Waals surface area contributed by atoms with E-state index < -0.39 is 0 Å². The molecule has 0 atom stereocenters. The van der Waals surface area contributed by atoms with Crippen LogP contribution in [0.5, 0.6) is 0 Å². The molecule has 2 nitrogen and oxygen atoms in total. The average molecular weight is 309 g/mol. The lowest BCUT2D eigenvalue weighted by Crippen LogP contribution is -2.62. The molecule has 0 N–H and O–H groups in total. The maximum atomic E-state index is 2.65. The number of hydrogen-bond acceptors (Lipinski definition) is 1.